The molecule has 32 heavy (non-hydrogen) atoms. The predicted octanol–water partition coefficient (Wildman–Crippen LogP) is 2.17. The molecule has 3 aromatic heterocycles. The van der Waals surface area contributed by atoms with Gasteiger partial charge in [-0.25, -0.2) is 9.50 Å². The molecule has 3 aromatic rings. The average Bonchev–Trinajstić information content (AvgIpc) is 3.30. The lowest BCUT2D eigenvalue weighted by Gasteiger charge is -2.28. The second kappa shape index (κ2) is 7.96. The van der Waals surface area contributed by atoms with Crippen molar-refractivity contribution in [1.29, 1.82) is 0 Å². The minimum Gasteiger partial charge on any atom is -0.354 e. The van der Waals surface area contributed by atoms with Gasteiger partial charge in [-0.15, -0.1) is 0 Å². The standard InChI is InChI=1S/C17H16F6N8O/c18-16(19,20)9-30-8-11(13(28-30)17(21,22)23)26-15(32)10-7-25-31-4-1-12(27-14(10)31)29-5-2-24-3-6-29/h1,4,7-8,24H,2-3,5-6,9H2,(H,26,32). The van der Waals surface area contributed by atoms with E-state index in [2.05, 4.69) is 20.5 Å². The monoisotopic (exact) mass is 462 g/mol. The minimum atomic E-state index is -5.08. The third-order valence-electron chi connectivity index (χ3n) is 4.66. The van der Waals surface area contributed by atoms with Crippen LogP contribution in [-0.4, -0.2) is 62.6 Å². The highest BCUT2D eigenvalue weighted by Crippen LogP contribution is 2.34. The topological polar surface area (TPSA) is 92.4 Å². The first-order chi connectivity index (χ1) is 15.0. The number of amides is 1. The summed E-state index contributed by atoms with van der Waals surface area (Å²) in [6.45, 7) is 1.08. The molecule has 0 bridgehead atoms. The predicted molar refractivity (Wildman–Crippen MR) is 99.3 cm³/mol. The Bertz CT molecular complexity index is 1130. The van der Waals surface area contributed by atoms with Gasteiger partial charge in [-0.05, 0) is 6.07 Å². The van der Waals surface area contributed by atoms with Gasteiger partial charge in [0.1, 0.15) is 17.9 Å². The number of rotatable bonds is 4. The third-order valence-corrected chi connectivity index (χ3v) is 4.66. The zero-order valence-electron chi connectivity index (χ0n) is 16.2. The van der Waals surface area contributed by atoms with Crippen molar-refractivity contribution >= 4 is 23.1 Å². The molecule has 15 heteroatoms. The van der Waals surface area contributed by atoms with Gasteiger partial charge in [0.15, 0.2) is 11.3 Å². The Morgan fingerprint density at radius 2 is 1.88 bits per heavy atom. The highest BCUT2D eigenvalue weighted by atomic mass is 19.4. The summed E-state index contributed by atoms with van der Waals surface area (Å²) in [6, 6.07) is 1.69. The van der Waals surface area contributed by atoms with Crippen LogP contribution in [0.1, 0.15) is 16.1 Å². The maximum Gasteiger partial charge on any atom is 0.437 e. The number of alkyl halides is 6. The van der Waals surface area contributed by atoms with Crippen LogP contribution in [0.4, 0.5) is 37.8 Å². The molecule has 1 aliphatic heterocycles. The number of fused-ring (bicyclic) bond motifs is 1. The SMILES string of the molecule is O=C(Nc1cn(CC(F)(F)F)nc1C(F)(F)F)c1cnn2ccc(N3CCNCC3)nc12. The van der Waals surface area contributed by atoms with Gasteiger partial charge in [0.05, 0.1) is 11.9 Å². The smallest absolute Gasteiger partial charge is 0.354 e. The number of hydrogen-bond acceptors (Lipinski definition) is 6. The van der Waals surface area contributed by atoms with Gasteiger partial charge in [-0.1, -0.05) is 0 Å². The first-order valence-corrected chi connectivity index (χ1v) is 9.34. The van der Waals surface area contributed by atoms with Gasteiger partial charge in [-0.2, -0.15) is 36.5 Å². The van der Waals surface area contributed by atoms with E-state index >= 15 is 0 Å². The van der Waals surface area contributed by atoms with Gasteiger partial charge >= 0.3 is 12.4 Å². The fourth-order valence-corrected chi connectivity index (χ4v) is 3.27. The van der Waals surface area contributed by atoms with Crippen LogP contribution in [0.3, 0.4) is 0 Å². The van der Waals surface area contributed by atoms with Crippen molar-refractivity contribution in [1.82, 2.24) is 29.7 Å². The normalized spacial score (nSPS) is 15.4. The van der Waals surface area contributed by atoms with E-state index in [0.717, 1.165) is 19.3 Å². The number of nitrogens with one attached hydrogen (secondary N) is 2. The maximum atomic E-state index is 13.3. The molecule has 0 spiro atoms. The first-order valence-electron chi connectivity index (χ1n) is 9.34. The number of anilines is 2. The van der Waals surface area contributed by atoms with Crippen molar-refractivity contribution in [3.8, 4) is 0 Å². The number of halogens is 6. The molecule has 0 unspecified atom stereocenters. The van der Waals surface area contributed by atoms with Crippen LogP contribution in [0.25, 0.3) is 5.65 Å². The van der Waals surface area contributed by atoms with E-state index in [1.807, 2.05) is 10.2 Å². The molecule has 0 atom stereocenters. The summed E-state index contributed by atoms with van der Waals surface area (Å²) >= 11 is 0. The first kappa shape index (κ1) is 21.9. The largest absolute Gasteiger partial charge is 0.437 e. The zero-order chi connectivity index (χ0) is 23.1. The van der Waals surface area contributed by atoms with E-state index in [-0.39, 0.29) is 15.9 Å². The molecule has 0 radical (unpaired) electrons. The molecule has 2 N–H and O–H groups in total. The van der Waals surface area contributed by atoms with E-state index in [1.54, 1.807) is 12.3 Å². The minimum absolute atomic E-state index is 0.0787. The Kier molecular flexibility index (Phi) is 5.44. The Morgan fingerprint density at radius 3 is 2.53 bits per heavy atom. The summed E-state index contributed by atoms with van der Waals surface area (Å²) in [6.07, 6.45) is -6.71. The Balaban J connectivity index is 1.63. The molecular weight excluding hydrogens is 446 g/mol. The van der Waals surface area contributed by atoms with E-state index in [9.17, 15) is 31.1 Å². The van der Waals surface area contributed by atoms with Gasteiger partial charge in [0, 0.05) is 38.6 Å². The Hall–Kier alpha value is -3.36. The third kappa shape index (κ3) is 4.61. The second-order valence-corrected chi connectivity index (χ2v) is 7.01. The lowest BCUT2D eigenvalue weighted by Crippen LogP contribution is -2.43. The molecule has 0 aliphatic carbocycles. The van der Waals surface area contributed by atoms with Crippen molar-refractivity contribution < 1.29 is 31.1 Å². The molecular formula is C17H16F6N8O. The van der Waals surface area contributed by atoms with Crippen LogP contribution in [0, 0.1) is 0 Å². The van der Waals surface area contributed by atoms with Crippen LogP contribution in [0.15, 0.2) is 24.7 Å². The van der Waals surface area contributed by atoms with Crippen molar-refractivity contribution in [2.75, 3.05) is 36.4 Å². The molecule has 1 aliphatic rings. The second-order valence-electron chi connectivity index (χ2n) is 7.01. The summed E-state index contributed by atoms with van der Waals surface area (Å²) in [4.78, 5) is 19.1. The maximum absolute atomic E-state index is 13.3. The molecule has 9 nitrogen and oxygen atoms in total. The van der Waals surface area contributed by atoms with Crippen molar-refractivity contribution in [2.24, 2.45) is 0 Å². The van der Waals surface area contributed by atoms with Crippen molar-refractivity contribution in [3.63, 3.8) is 0 Å². The average molecular weight is 462 g/mol. The Labute approximate surface area is 176 Å². The van der Waals surface area contributed by atoms with Crippen LogP contribution < -0.4 is 15.5 Å². The molecule has 4 rings (SSSR count). The summed E-state index contributed by atoms with van der Waals surface area (Å²) in [5.74, 6) is -0.454. The van der Waals surface area contributed by atoms with Crippen LogP contribution in [-0.2, 0) is 12.7 Å². The molecule has 0 saturated carbocycles. The quantitative estimate of drug-likeness (QED) is 0.578. The molecule has 1 saturated heterocycles. The van der Waals surface area contributed by atoms with Crippen LogP contribution in [0.2, 0.25) is 0 Å². The fraction of sp³-hybridized carbons (Fsp3) is 0.412. The summed E-state index contributed by atoms with van der Waals surface area (Å²) in [5.41, 5.74) is -2.58. The summed E-state index contributed by atoms with van der Waals surface area (Å²) in [7, 11) is 0. The molecule has 0 aromatic carbocycles. The van der Waals surface area contributed by atoms with Crippen LogP contribution >= 0.6 is 0 Å². The number of carbonyl (C=O) groups excluding carboxylic acids is 1. The zero-order valence-corrected chi connectivity index (χ0v) is 16.2. The lowest BCUT2D eigenvalue weighted by atomic mass is 10.3. The van der Waals surface area contributed by atoms with Crippen molar-refractivity contribution in [2.45, 2.75) is 18.9 Å². The van der Waals surface area contributed by atoms with E-state index in [0.29, 0.717) is 25.1 Å². The number of carbonyl (C=O) groups is 1. The van der Waals surface area contributed by atoms with Gasteiger partial charge < -0.3 is 15.5 Å². The van der Waals surface area contributed by atoms with E-state index < -0.39 is 36.2 Å². The highest BCUT2D eigenvalue weighted by Gasteiger charge is 2.39. The molecule has 4 heterocycles. The molecule has 1 amide bonds. The van der Waals surface area contributed by atoms with E-state index in [4.69, 9.17) is 0 Å². The number of hydrogen-bond donors (Lipinski definition) is 2. The number of nitrogens with zero attached hydrogens (tertiary/aromatic N) is 6. The van der Waals surface area contributed by atoms with Gasteiger partial charge in [-0.3, -0.25) is 9.48 Å². The number of aromatic nitrogens is 5. The summed E-state index contributed by atoms with van der Waals surface area (Å²) < 4.78 is 78.8. The van der Waals surface area contributed by atoms with Crippen LogP contribution in [0.5, 0.6) is 0 Å². The fourth-order valence-electron chi connectivity index (χ4n) is 3.27. The Morgan fingerprint density at radius 1 is 1.16 bits per heavy atom. The number of piperazine rings is 1. The molecule has 172 valence electrons. The van der Waals surface area contributed by atoms with Gasteiger partial charge in [0.25, 0.3) is 5.91 Å². The van der Waals surface area contributed by atoms with Gasteiger partial charge in [0.2, 0.25) is 0 Å². The van der Waals surface area contributed by atoms with E-state index in [1.165, 1.54) is 4.52 Å². The highest BCUT2D eigenvalue weighted by molar-refractivity contribution is 6.08. The molecule has 1 fully saturated rings. The lowest BCUT2D eigenvalue weighted by molar-refractivity contribution is -0.148. The summed E-state index contributed by atoms with van der Waals surface area (Å²) in [5, 5.41) is 12.1. The van der Waals surface area contributed by atoms with Crippen molar-refractivity contribution in [3.05, 3.63) is 35.9 Å².